The van der Waals surface area contributed by atoms with E-state index in [0.29, 0.717) is 6.54 Å². The average Bonchev–Trinajstić information content (AvgIpc) is 3.03. The summed E-state index contributed by atoms with van der Waals surface area (Å²) in [5.74, 6) is 0. The van der Waals surface area contributed by atoms with E-state index in [1.165, 1.54) is 6.34 Å². The molecule has 6 heteroatoms. The Hall–Kier alpha value is -3.15. The molecule has 1 aromatic carbocycles. The van der Waals surface area contributed by atoms with Gasteiger partial charge in [-0.1, -0.05) is 36.9 Å². The van der Waals surface area contributed by atoms with Crippen LogP contribution in [0.4, 0.5) is 5.69 Å². The molecule has 0 amide bonds. The van der Waals surface area contributed by atoms with Crippen molar-refractivity contribution in [3.63, 3.8) is 0 Å². The number of hydrogen-bond acceptors (Lipinski definition) is 5. The van der Waals surface area contributed by atoms with E-state index in [4.69, 9.17) is 16.0 Å². The quantitative estimate of drug-likeness (QED) is 0.244. The first kappa shape index (κ1) is 19.2. The standard InChI is InChI=1S/C20H25N5O/c1-3-5-16(9-11-26-2)12-18-8-10-25(20(18)23-15-21)19-7-4-6-17(13-19)14-24-22/h3-7,9,11-13,15,20,22H,1,8,10,14H2,2H3,(H2,21,23). The molecule has 26 heavy (non-hydrogen) atoms. The summed E-state index contributed by atoms with van der Waals surface area (Å²) in [6, 6.07) is 8.03. The number of allylic oxidation sites excluding steroid dienone is 5. The predicted molar refractivity (Wildman–Crippen MR) is 106 cm³/mol. The van der Waals surface area contributed by atoms with Gasteiger partial charge in [0.1, 0.15) is 6.17 Å². The highest BCUT2D eigenvalue weighted by atomic mass is 16.5. The molecule has 2 rings (SSSR count). The maximum atomic E-state index is 7.06. The number of nitrogens with two attached hydrogens (primary N) is 1. The van der Waals surface area contributed by atoms with Crippen LogP contribution in [0.2, 0.25) is 0 Å². The van der Waals surface area contributed by atoms with E-state index in [2.05, 4.69) is 27.7 Å². The fraction of sp³-hybridized carbons (Fsp3) is 0.250. The second-order valence-corrected chi connectivity index (χ2v) is 5.76. The molecule has 136 valence electrons. The van der Waals surface area contributed by atoms with Crippen molar-refractivity contribution >= 4 is 12.0 Å². The van der Waals surface area contributed by atoms with Crippen LogP contribution in [-0.2, 0) is 11.3 Å². The first-order valence-electron chi connectivity index (χ1n) is 8.38. The monoisotopic (exact) mass is 351 g/mol. The number of aliphatic imine (C=N–C) groups is 1. The summed E-state index contributed by atoms with van der Waals surface area (Å²) in [5.41, 5.74) is 16.9. The molecular formula is C20H25N5O. The number of rotatable bonds is 8. The summed E-state index contributed by atoms with van der Waals surface area (Å²) in [5, 5.41) is 3.47. The molecule has 1 aliphatic heterocycles. The zero-order valence-electron chi connectivity index (χ0n) is 15.0. The first-order valence-corrected chi connectivity index (χ1v) is 8.38. The average molecular weight is 351 g/mol. The molecule has 0 saturated carbocycles. The van der Waals surface area contributed by atoms with Crippen LogP contribution in [0.15, 0.2) is 82.7 Å². The van der Waals surface area contributed by atoms with Crippen molar-refractivity contribution in [3.8, 4) is 0 Å². The Morgan fingerprint density at radius 1 is 1.50 bits per heavy atom. The van der Waals surface area contributed by atoms with Crippen LogP contribution in [0.5, 0.6) is 0 Å². The number of nitrogens with one attached hydrogen (secondary N) is 1. The molecular weight excluding hydrogens is 326 g/mol. The van der Waals surface area contributed by atoms with Gasteiger partial charge in [0, 0.05) is 12.2 Å². The second-order valence-electron chi connectivity index (χ2n) is 5.76. The minimum absolute atomic E-state index is 0.160. The maximum Gasteiger partial charge on any atom is 0.145 e. The zero-order valence-corrected chi connectivity index (χ0v) is 15.0. The van der Waals surface area contributed by atoms with E-state index in [0.717, 1.165) is 35.4 Å². The van der Waals surface area contributed by atoms with Crippen molar-refractivity contribution in [2.24, 2.45) is 15.8 Å². The SMILES string of the molecule is C=CC=C(C=COC)C=C1CCN(c2cccc(CN=N)c2)C1N=CN. The summed E-state index contributed by atoms with van der Waals surface area (Å²) in [7, 11) is 1.62. The van der Waals surface area contributed by atoms with Crippen molar-refractivity contribution in [1.29, 1.82) is 5.53 Å². The number of benzene rings is 1. The molecule has 1 unspecified atom stereocenters. The molecule has 1 fully saturated rings. The third-order valence-corrected chi connectivity index (χ3v) is 4.06. The van der Waals surface area contributed by atoms with Gasteiger partial charge in [-0.25, -0.2) is 10.5 Å². The molecule has 3 N–H and O–H groups in total. The number of hydrogen-bond donors (Lipinski definition) is 2. The molecule has 0 spiro atoms. The molecule has 0 aromatic heterocycles. The minimum atomic E-state index is -0.160. The van der Waals surface area contributed by atoms with Crippen molar-refractivity contribution in [2.75, 3.05) is 18.6 Å². The topological polar surface area (TPSA) is 87.1 Å². The summed E-state index contributed by atoms with van der Waals surface area (Å²) in [4.78, 5) is 6.68. The van der Waals surface area contributed by atoms with Gasteiger partial charge in [-0.3, -0.25) is 0 Å². The molecule has 1 aromatic rings. The second kappa shape index (κ2) is 9.98. The third kappa shape index (κ3) is 4.92. The number of nitrogens with zero attached hydrogens (tertiary/aromatic N) is 3. The Kier molecular flexibility index (Phi) is 7.36. The number of methoxy groups -OCH3 is 1. The van der Waals surface area contributed by atoms with Crippen LogP contribution in [0.25, 0.3) is 0 Å². The van der Waals surface area contributed by atoms with Crippen molar-refractivity contribution in [2.45, 2.75) is 19.1 Å². The predicted octanol–water partition coefficient (Wildman–Crippen LogP) is 3.94. The number of ether oxygens (including phenoxy) is 1. The van der Waals surface area contributed by atoms with Gasteiger partial charge < -0.3 is 15.4 Å². The summed E-state index contributed by atoms with van der Waals surface area (Å²) in [6.07, 6.45) is 11.3. The molecule has 0 radical (unpaired) electrons. The van der Waals surface area contributed by atoms with Gasteiger partial charge in [-0.05, 0) is 41.3 Å². The van der Waals surface area contributed by atoms with Crippen LogP contribution in [0.3, 0.4) is 0 Å². The Balaban J connectivity index is 2.34. The van der Waals surface area contributed by atoms with Gasteiger partial charge in [0.2, 0.25) is 0 Å². The summed E-state index contributed by atoms with van der Waals surface area (Å²) >= 11 is 0. The molecule has 0 bridgehead atoms. The van der Waals surface area contributed by atoms with E-state index < -0.39 is 0 Å². The number of anilines is 1. The van der Waals surface area contributed by atoms with Gasteiger partial charge in [-0.15, -0.1) is 0 Å². The Labute approximate surface area is 154 Å². The zero-order chi connectivity index (χ0) is 18.8. The van der Waals surface area contributed by atoms with Gasteiger partial charge in [-0.2, -0.15) is 5.11 Å². The summed E-state index contributed by atoms with van der Waals surface area (Å²) in [6.45, 7) is 4.98. The van der Waals surface area contributed by atoms with Crippen molar-refractivity contribution in [1.82, 2.24) is 0 Å². The highest BCUT2D eigenvalue weighted by molar-refractivity contribution is 5.58. The van der Waals surface area contributed by atoms with Crippen molar-refractivity contribution < 1.29 is 4.74 Å². The lowest BCUT2D eigenvalue weighted by atomic mass is 10.1. The van der Waals surface area contributed by atoms with Crippen LogP contribution < -0.4 is 10.6 Å². The molecule has 0 aliphatic carbocycles. The lowest BCUT2D eigenvalue weighted by molar-refractivity contribution is 0.338. The van der Waals surface area contributed by atoms with E-state index in [1.54, 1.807) is 19.4 Å². The van der Waals surface area contributed by atoms with Crippen LogP contribution in [0, 0.1) is 5.53 Å². The van der Waals surface area contributed by atoms with Gasteiger partial charge in [0.15, 0.2) is 0 Å². The fourth-order valence-corrected chi connectivity index (χ4v) is 2.95. The largest absolute Gasteiger partial charge is 0.504 e. The fourth-order valence-electron chi connectivity index (χ4n) is 2.95. The van der Waals surface area contributed by atoms with E-state index in [1.807, 2.05) is 36.4 Å². The third-order valence-electron chi connectivity index (χ3n) is 4.06. The lowest BCUT2D eigenvalue weighted by Gasteiger charge is -2.24. The highest BCUT2D eigenvalue weighted by Crippen LogP contribution is 2.31. The normalized spacial score (nSPS) is 19.6. The lowest BCUT2D eigenvalue weighted by Crippen LogP contribution is -2.29. The molecule has 1 atom stereocenters. The van der Waals surface area contributed by atoms with Crippen LogP contribution >= 0.6 is 0 Å². The van der Waals surface area contributed by atoms with Gasteiger partial charge >= 0.3 is 0 Å². The van der Waals surface area contributed by atoms with Gasteiger partial charge in [0.05, 0.1) is 26.3 Å². The maximum absolute atomic E-state index is 7.06. The Morgan fingerprint density at radius 2 is 2.35 bits per heavy atom. The Morgan fingerprint density at radius 3 is 3.04 bits per heavy atom. The Bertz CT molecular complexity index is 748. The van der Waals surface area contributed by atoms with Crippen LogP contribution in [-0.4, -0.2) is 26.2 Å². The smallest absolute Gasteiger partial charge is 0.145 e. The minimum Gasteiger partial charge on any atom is -0.504 e. The first-order chi connectivity index (χ1) is 12.7. The van der Waals surface area contributed by atoms with Crippen LogP contribution in [0.1, 0.15) is 12.0 Å². The summed E-state index contributed by atoms with van der Waals surface area (Å²) < 4.78 is 5.01. The molecule has 6 nitrogen and oxygen atoms in total. The van der Waals surface area contributed by atoms with Crippen molar-refractivity contribution in [3.05, 3.63) is 78.1 Å². The highest BCUT2D eigenvalue weighted by Gasteiger charge is 2.28. The molecule has 1 heterocycles. The molecule has 1 aliphatic rings. The van der Waals surface area contributed by atoms with Gasteiger partial charge in [0.25, 0.3) is 0 Å². The van der Waals surface area contributed by atoms with E-state index in [-0.39, 0.29) is 6.17 Å². The van der Waals surface area contributed by atoms with E-state index in [9.17, 15) is 0 Å². The molecule has 1 saturated heterocycles. The van der Waals surface area contributed by atoms with E-state index >= 15 is 0 Å².